The van der Waals surface area contributed by atoms with Crippen LogP contribution in [0.3, 0.4) is 0 Å². The molecule has 0 atom stereocenters. The summed E-state index contributed by atoms with van der Waals surface area (Å²) in [5, 5.41) is 3.09. The summed E-state index contributed by atoms with van der Waals surface area (Å²) in [5.74, 6) is -1.10. The highest BCUT2D eigenvalue weighted by Crippen LogP contribution is 2.41. The van der Waals surface area contributed by atoms with Crippen LogP contribution >= 0.6 is 39.1 Å². The summed E-state index contributed by atoms with van der Waals surface area (Å²) in [4.78, 5) is 38.4. The number of fused-ring (bicyclic) bond motifs is 2. The van der Waals surface area contributed by atoms with Gasteiger partial charge in [0.15, 0.2) is 11.6 Å². The first kappa shape index (κ1) is 18.9. The molecular formula is C21H10BrCl2NO3. The van der Waals surface area contributed by atoms with Crippen LogP contribution in [0, 0.1) is 0 Å². The Morgan fingerprint density at radius 1 is 0.821 bits per heavy atom. The molecule has 1 aliphatic rings. The number of carbonyl (C=O) groups excluding carboxylic acids is 3. The van der Waals surface area contributed by atoms with E-state index in [-0.39, 0.29) is 48.5 Å². The van der Waals surface area contributed by atoms with Gasteiger partial charge in [-0.05, 0) is 34.1 Å². The van der Waals surface area contributed by atoms with Gasteiger partial charge in [0.25, 0.3) is 5.91 Å². The van der Waals surface area contributed by atoms with Crippen molar-refractivity contribution in [3.63, 3.8) is 0 Å². The first-order chi connectivity index (χ1) is 13.4. The van der Waals surface area contributed by atoms with E-state index in [0.29, 0.717) is 11.1 Å². The fraction of sp³-hybridized carbons (Fsp3) is 0. The van der Waals surface area contributed by atoms with E-state index in [1.807, 2.05) is 0 Å². The normalized spacial score (nSPS) is 12.4. The second-order valence-corrected chi connectivity index (χ2v) is 7.72. The van der Waals surface area contributed by atoms with Crippen LogP contribution in [-0.2, 0) is 0 Å². The summed E-state index contributed by atoms with van der Waals surface area (Å²) in [6, 6.07) is 14.6. The van der Waals surface area contributed by atoms with E-state index in [4.69, 9.17) is 23.2 Å². The fourth-order valence-corrected chi connectivity index (χ4v) is 4.41. The van der Waals surface area contributed by atoms with Gasteiger partial charge in [-0.25, -0.2) is 0 Å². The molecule has 0 aliphatic heterocycles. The molecule has 4 rings (SSSR count). The zero-order chi connectivity index (χ0) is 20.0. The van der Waals surface area contributed by atoms with E-state index in [9.17, 15) is 14.4 Å². The van der Waals surface area contributed by atoms with Crippen LogP contribution in [-0.4, -0.2) is 17.5 Å². The molecule has 28 heavy (non-hydrogen) atoms. The molecule has 0 saturated carbocycles. The number of halogens is 3. The van der Waals surface area contributed by atoms with Crippen molar-refractivity contribution in [2.45, 2.75) is 0 Å². The number of benzene rings is 3. The van der Waals surface area contributed by atoms with Gasteiger partial charge >= 0.3 is 0 Å². The molecule has 0 unspecified atom stereocenters. The first-order valence-electron chi connectivity index (χ1n) is 8.16. The van der Waals surface area contributed by atoms with Crippen LogP contribution < -0.4 is 5.32 Å². The Hall–Kier alpha value is -2.47. The topological polar surface area (TPSA) is 63.2 Å². The molecule has 0 radical (unpaired) electrons. The van der Waals surface area contributed by atoms with Crippen LogP contribution in [0.2, 0.25) is 10.0 Å². The third-order valence-corrected chi connectivity index (χ3v) is 5.88. The average Bonchev–Trinajstić information content (AvgIpc) is 2.69. The largest absolute Gasteiger partial charge is 0.320 e. The number of rotatable bonds is 2. The predicted molar refractivity (Wildman–Crippen MR) is 112 cm³/mol. The van der Waals surface area contributed by atoms with Gasteiger partial charge < -0.3 is 5.32 Å². The maximum atomic E-state index is 13.0. The monoisotopic (exact) mass is 473 g/mol. The van der Waals surface area contributed by atoms with Gasteiger partial charge in [0, 0.05) is 16.7 Å². The highest BCUT2D eigenvalue weighted by Gasteiger charge is 2.33. The highest BCUT2D eigenvalue weighted by molar-refractivity contribution is 9.10. The molecule has 0 fully saturated rings. The summed E-state index contributed by atoms with van der Waals surface area (Å²) in [7, 11) is 0. The molecule has 3 aromatic rings. The van der Waals surface area contributed by atoms with Gasteiger partial charge in [-0.15, -0.1) is 0 Å². The molecule has 4 nitrogen and oxygen atoms in total. The molecule has 7 heteroatoms. The standard InChI is InChI=1S/C21H10BrCl2NO3/c22-17-16-13(19(26)10-5-1-2-6-11(10)20(16)27)9-15(24)18(17)25-21(28)12-7-3-4-8-14(12)23/h1-9H,(H,25,28). The van der Waals surface area contributed by atoms with E-state index in [2.05, 4.69) is 21.2 Å². The van der Waals surface area contributed by atoms with E-state index in [1.54, 1.807) is 48.5 Å². The van der Waals surface area contributed by atoms with E-state index < -0.39 is 5.91 Å². The lowest BCUT2D eigenvalue weighted by Gasteiger charge is -2.21. The van der Waals surface area contributed by atoms with Crippen molar-refractivity contribution in [1.82, 2.24) is 0 Å². The van der Waals surface area contributed by atoms with Gasteiger partial charge in [0.05, 0.1) is 31.3 Å². The molecule has 3 aromatic carbocycles. The molecule has 1 amide bonds. The number of hydrogen-bond donors (Lipinski definition) is 1. The maximum absolute atomic E-state index is 13.0. The second-order valence-electron chi connectivity index (χ2n) is 6.11. The Balaban J connectivity index is 1.82. The second kappa shape index (κ2) is 7.17. The summed E-state index contributed by atoms with van der Waals surface area (Å²) >= 11 is 15.8. The van der Waals surface area contributed by atoms with Crippen molar-refractivity contribution in [3.05, 3.63) is 96.9 Å². The Morgan fingerprint density at radius 3 is 2.11 bits per heavy atom. The van der Waals surface area contributed by atoms with Crippen LogP contribution in [0.5, 0.6) is 0 Å². The number of amides is 1. The third kappa shape index (κ3) is 2.96. The van der Waals surface area contributed by atoms with E-state index >= 15 is 0 Å². The number of carbonyl (C=O) groups is 3. The molecule has 1 N–H and O–H groups in total. The number of ketones is 2. The first-order valence-corrected chi connectivity index (χ1v) is 9.71. The zero-order valence-corrected chi connectivity index (χ0v) is 17.2. The molecular weight excluding hydrogens is 465 g/mol. The van der Waals surface area contributed by atoms with Crippen LogP contribution in [0.4, 0.5) is 5.69 Å². The van der Waals surface area contributed by atoms with Crippen LogP contribution in [0.1, 0.15) is 42.2 Å². The van der Waals surface area contributed by atoms with Crippen LogP contribution in [0.25, 0.3) is 0 Å². The minimum Gasteiger partial charge on any atom is -0.320 e. The number of nitrogens with one attached hydrogen (secondary N) is 1. The van der Waals surface area contributed by atoms with E-state index in [0.717, 1.165) is 0 Å². The van der Waals surface area contributed by atoms with Gasteiger partial charge in [-0.1, -0.05) is 59.6 Å². The van der Waals surface area contributed by atoms with Crippen molar-refractivity contribution in [2.24, 2.45) is 0 Å². The summed E-state index contributed by atoms with van der Waals surface area (Å²) < 4.78 is 0.253. The summed E-state index contributed by atoms with van der Waals surface area (Å²) in [6.45, 7) is 0. The Bertz CT molecular complexity index is 1190. The van der Waals surface area contributed by atoms with Crippen molar-refractivity contribution < 1.29 is 14.4 Å². The summed E-state index contributed by atoms with van der Waals surface area (Å²) in [5.41, 5.74) is 1.46. The SMILES string of the molecule is O=C(Nc1c(Cl)cc2c(c1Br)C(=O)c1ccccc1C2=O)c1ccccc1Cl. The van der Waals surface area contributed by atoms with Crippen molar-refractivity contribution in [3.8, 4) is 0 Å². The third-order valence-electron chi connectivity index (χ3n) is 4.46. The average molecular weight is 475 g/mol. The smallest absolute Gasteiger partial charge is 0.257 e. The Labute approximate surface area is 178 Å². The molecule has 0 bridgehead atoms. The van der Waals surface area contributed by atoms with Crippen molar-refractivity contribution in [1.29, 1.82) is 0 Å². The van der Waals surface area contributed by atoms with E-state index in [1.165, 1.54) is 6.07 Å². The Kier molecular flexibility index (Phi) is 4.83. The van der Waals surface area contributed by atoms with Gasteiger partial charge in [-0.3, -0.25) is 14.4 Å². The lowest BCUT2D eigenvalue weighted by atomic mass is 9.84. The minimum absolute atomic E-state index is 0.131. The Morgan fingerprint density at radius 2 is 1.43 bits per heavy atom. The van der Waals surface area contributed by atoms with Gasteiger partial charge in [-0.2, -0.15) is 0 Å². The van der Waals surface area contributed by atoms with Crippen molar-refractivity contribution in [2.75, 3.05) is 5.32 Å². The lowest BCUT2D eigenvalue weighted by Crippen LogP contribution is -2.23. The quantitative estimate of drug-likeness (QED) is 0.400. The minimum atomic E-state index is -0.483. The molecule has 0 saturated heterocycles. The van der Waals surface area contributed by atoms with Crippen LogP contribution in [0.15, 0.2) is 59.1 Å². The van der Waals surface area contributed by atoms with Gasteiger partial charge in [0.2, 0.25) is 0 Å². The fourth-order valence-electron chi connectivity index (χ4n) is 3.12. The molecule has 0 spiro atoms. The lowest BCUT2D eigenvalue weighted by molar-refractivity contribution is 0.0978. The molecule has 0 aromatic heterocycles. The zero-order valence-electron chi connectivity index (χ0n) is 14.1. The molecule has 1 aliphatic carbocycles. The van der Waals surface area contributed by atoms with Gasteiger partial charge in [0.1, 0.15) is 0 Å². The predicted octanol–water partition coefficient (Wildman–Crippen LogP) is 5.78. The maximum Gasteiger partial charge on any atom is 0.257 e. The molecule has 0 heterocycles. The number of anilines is 1. The highest BCUT2D eigenvalue weighted by atomic mass is 79.9. The molecule has 138 valence electrons. The van der Waals surface area contributed by atoms with Crippen molar-refractivity contribution >= 4 is 62.3 Å². The summed E-state index contributed by atoms with van der Waals surface area (Å²) in [6.07, 6.45) is 0. The number of hydrogen-bond acceptors (Lipinski definition) is 3.